The zero-order chi connectivity index (χ0) is 48.7. The first kappa shape index (κ1) is 48.6. The molecular weight excluding hydrogens is 810 g/mol. The second kappa shape index (κ2) is 22.1. The van der Waals surface area contributed by atoms with E-state index in [4.69, 9.17) is 13.3 Å². The number of rotatable bonds is 10. The van der Waals surface area contributed by atoms with Gasteiger partial charge in [-0.15, -0.1) is 0 Å². The molecule has 8 aliphatic carbocycles. The molecule has 10 heteroatoms. The van der Waals surface area contributed by atoms with E-state index in [0.717, 1.165) is 77.0 Å². The SMILES string of the molecule is C.C.[2H]C([2H])([2H])C[C@H]1C(=O)C2C3CCC([C@H](C)CCC(=O)O)[C@@]3(C)CCC2[C@@]2(C)CC[C@@H](O)C[C@@H]12.[2H]C([2H])([2H])C[C@H]1[C@@H](O)C2C3CCC([C@H](C)CCC(=O)O)[C@@]3(C)CCC2[C@@]2(C)CC[C@@H](O)C[C@@H]12.[B].[H-].[Na+]. The van der Waals surface area contributed by atoms with Gasteiger partial charge < -0.3 is 27.0 Å². The van der Waals surface area contributed by atoms with Crippen LogP contribution in [-0.4, -0.2) is 70.0 Å². The molecule has 0 aromatic carbocycles. The molecular formula is C54H95BNaO8. The van der Waals surface area contributed by atoms with Crippen LogP contribution in [-0.2, 0) is 14.4 Å². The van der Waals surface area contributed by atoms with Crippen molar-refractivity contribution in [3.05, 3.63) is 0 Å². The fourth-order valence-corrected chi connectivity index (χ4v) is 18.1. The predicted octanol–water partition coefficient (Wildman–Crippen LogP) is 8.44. The molecule has 8 nitrogen and oxygen atoms in total. The summed E-state index contributed by atoms with van der Waals surface area (Å²) in [5.41, 5.74) is -0.0475. The van der Waals surface area contributed by atoms with Crippen molar-refractivity contribution in [2.24, 2.45) is 105 Å². The van der Waals surface area contributed by atoms with Gasteiger partial charge in [-0.25, -0.2) is 0 Å². The van der Waals surface area contributed by atoms with Gasteiger partial charge in [0.05, 0.1) is 18.3 Å². The molecule has 64 heavy (non-hydrogen) atoms. The van der Waals surface area contributed by atoms with E-state index >= 15 is 0 Å². The molecule has 21 atom stereocenters. The summed E-state index contributed by atoms with van der Waals surface area (Å²) in [4.78, 5) is 36.4. The van der Waals surface area contributed by atoms with Crippen LogP contribution in [0.1, 0.15) is 208 Å². The molecule has 0 bridgehead atoms. The van der Waals surface area contributed by atoms with Gasteiger partial charge >= 0.3 is 41.5 Å². The standard InChI is InChI=1S/C26H44O4.C26H42O4.2CH4.B.Na.H/c2*1-5-17-21-14-16(27)10-12-26(21,4)20-11-13-25(3)18(15(2)6-9-22(28)29)7-8-19(25)23(20)24(17)30;;;;;/h15-21,23-24,27,30H,5-14H2,1-4H3,(H,28,29);15-21,23,27H,5-14H2,1-4H3,(H,28,29);2*1H4;;;/q;;;;;+1;-1/t15-,16-,17-,18?,19?,20?,21+,23?,24-,25-,26-;15-,16-,17-,18?,19?,20?,21+,23?,25-,26-;;;;;/m11...../s1/i2*1D3;;;;;. The van der Waals surface area contributed by atoms with Gasteiger partial charge in [-0.2, -0.15) is 0 Å². The van der Waals surface area contributed by atoms with Crippen LogP contribution in [0.5, 0.6) is 0 Å². The van der Waals surface area contributed by atoms with Gasteiger partial charge in [0.15, 0.2) is 0 Å². The van der Waals surface area contributed by atoms with Gasteiger partial charge in [0.25, 0.3) is 0 Å². The number of carbonyl (C=O) groups is 3. The van der Waals surface area contributed by atoms with Crippen molar-refractivity contribution in [3.63, 3.8) is 0 Å². The fraction of sp³-hybridized carbons (Fsp3) is 0.944. The number of aliphatic carboxylic acids is 2. The Kier molecular flexibility index (Phi) is 16.8. The third-order valence-electron chi connectivity index (χ3n) is 21.2. The monoisotopic (exact) mass is 912 g/mol. The van der Waals surface area contributed by atoms with E-state index in [0.29, 0.717) is 61.2 Å². The first-order chi connectivity index (χ1) is 30.6. The first-order valence-electron chi connectivity index (χ1n) is 27.6. The largest absolute Gasteiger partial charge is 1.00 e. The third-order valence-corrected chi connectivity index (χ3v) is 21.2. The number of aliphatic hydroxyl groups excluding tert-OH is 3. The Bertz CT molecular complexity index is 1790. The topological polar surface area (TPSA) is 152 Å². The predicted molar refractivity (Wildman–Crippen MR) is 255 cm³/mol. The van der Waals surface area contributed by atoms with Crippen molar-refractivity contribution in [1.29, 1.82) is 0 Å². The van der Waals surface area contributed by atoms with E-state index in [1.54, 1.807) is 0 Å². The van der Waals surface area contributed by atoms with Gasteiger partial charge in [-0.3, -0.25) is 14.4 Å². The number of aliphatic hydroxyl groups is 3. The molecule has 8 unspecified atom stereocenters. The molecule has 0 aromatic rings. The Balaban J connectivity index is 0.000000455. The molecule has 8 aliphatic rings. The molecule has 0 saturated heterocycles. The minimum Gasteiger partial charge on any atom is -1.00 e. The maximum Gasteiger partial charge on any atom is 1.00 e. The first-order valence-corrected chi connectivity index (χ1v) is 24.6. The number of carboxylic acid groups (broad SMARTS) is 2. The van der Waals surface area contributed by atoms with E-state index in [2.05, 4.69) is 41.5 Å². The summed E-state index contributed by atoms with van der Waals surface area (Å²) < 4.78 is 47.7. The fourth-order valence-electron chi connectivity index (χ4n) is 18.1. The van der Waals surface area contributed by atoms with Crippen molar-refractivity contribution in [2.45, 2.75) is 217 Å². The molecule has 0 spiro atoms. The van der Waals surface area contributed by atoms with Crippen LogP contribution < -0.4 is 29.6 Å². The number of hydrogen-bond donors (Lipinski definition) is 5. The number of hydrogen-bond acceptors (Lipinski definition) is 6. The summed E-state index contributed by atoms with van der Waals surface area (Å²) in [6.07, 6.45) is 13.0. The number of carboxylic acids is 2. The van der Waals surface area contributed by atoms with Crippen LogP contribution in [0.2, 0.25) is 0 Å². The van der Waals surface area contributed by atoms with E-state index in [-0.39, 0.29) is 149 Å². The number of fused-ring (bicyclic) bond motifs is 10. The van der Waals surface area contributed by atoms with Gasteiger partial charge in [-0.1, -0.05) is 76.5 Å². The minimum absolute atomic E-state index is 0. The molecule has 8 saturated carbocycles. The van der Waals surface area contributed by atoms with Crippen molar-refractivity contribution in [1.82, 2.24) is 0 Å². The van der Waals surface area contributed by atoms with Gasteiger partial charge in [0.2, 0.25) is 0 Å². The van der Waals surface area contributed by atoms with Crippen molar-refractivity contribution in [2.75, 3.05) is 0 Å². The van der Waals surface area contributed by atoms with Gasteiger partial charge in [0.1, 0.15) is 5.78 Å². The van der Waals surface area contributed by atoms with Crippen LogP contribution in [0, 0.1) is 105 Å². The molecule has 0 aliphatic heterocycles. The van der Waals surface area contributed by atoms with Crippen molar-refractivity contribution in [3.8, 4) is 0 Å². The molecule has 0 aromatic heterocycles. The van der Waals surface area contributed by atoms with Gasteiger partial charge in [-0.05, 0) is 202 Å². The number of Topliss-reactive ketones (excluding diaryl/α,β-unsaturated/α-hetero) is 1. The molecule has 3 radical (unpaired) electrons. The summed E-state index contributed by atoms with van der Waals surface area (Å²) in [7, 11) is 0. The summed E-state index contributed by atoms with van der Waals surface area (Å²) in [6, 6.07) is 0. The smallest absolute Gasteiger partial charge is 1.00 e. The Labute approximate surface area is 424 Å². The summed E-state index contributed by atoms with van der Waals surface area (Å²) in [6.45, 7) is 9.42. The van der Waals surface area contributed by atoms with Crippen LogP contribution in [0.25, 0.3) is 0 Å². The molecule has 0 heterocycles. The molecule has 5 N–H and O–H groups in total. The zero-order valence-electron chi connectivity index (χ0n) is 46.5. The molecule has 8 fully saturated rings. The van der Waals surface area contributed by atoms with E-state index in [1.165, 1.54) is 0 Å². The number of carbonyl (C=O) groups excluding carboxylic acids is 1. The average molecular weight is 912 g/mol. The summed E-state index contributed by atoms with van der Waals surface area (Å²) >= 11 is 0. The molecule has 8 rings (SSSR count). The zero-order valence-corrected chi connectivity index (χ0v) is 41.5. The van der Waals surface area contributed by atoms with E-state index < -0.39 is 49.9 Å². The molecule has 0 amide bonds. The Morgan fingerprint density at radius 1 is 0.641 bits per heavy atom. The van der Waals surface area contributed by atoms with Crippen LogP contribution in [0.4, 0.5) is 0 Å². The maximum absolute atomic E-state index is 14.1. The summed E-state index contributed by atoms with van der Waals surface area (Å²) in [5.74, 6) is 0.619. The van der Waals surface area contributed by atoms with E-state index in [1.807, 2.05) is 0 Å². The second-order valence-electron chi connectivity index (χ2n) is 23.5. The second-order valence-corrected chi connectivity index (χ2v) is 23.5. The third kappa shape index (κ3) is 9.83. The van der Waals surface area contributed by atoms with Crippen molar-refractivity contribution < 1.29 is 79.1 Å². The molecule has 363 valence electrons. The van der Waals surface area contributed by atoms with Crippen LogP contribution >= 0.6 is 0 Å². The van der Waals surface area contributed by atoms with Gasteiger partial charge in [0, 0.05) is 41.3 Å². The van der Waals surface area contributed by atoms with Crippen LogP contribution in [0.3, 0.4) is 0 Å². The average Bonchev–Trinajstić information content (AvgIpc) is 3.76. The minimum atomic E-state index is -2.15. The summed E-state index contributed by atoms with van der Waals surface area (Å²) in [5, 5.41) is 51.1. The maximum atomic E-state index is 14.1. The van der Waals surface area contributed by atoms with E-state index in [9.17, 15) is 34.8 Å². The Morgan fingerprint density at radius 2 is 1.06 bits per heavy atom. The quantitative estimate of drug-likeness (QED) is 0.137. The Hall–Kier alpha value is -0.445. The van der Waals surface area contributed by atoms with Crippen LogP contribution in [0.15, 0.2) is 0 Å². The Morgan fingerprint density at radius 3 is 1.58 bits per heavy atom. The normalized spacial score (nSPS) is 49.0. The van der Waals surface area contributed by atoms with Crippen molar-refractivity contribution >= 4 is 26.1 Å². The number of ketones is 1.